The molecule has 218 valence electrons. The van der Waals surface area contributed by atoms with Gasteiger partial charge in [-0.3, -0.25) is 15.1 Å². The molecule has 4 rings (SSSR count). The third kappa shape index (κ3) is 7.43. The van der Waals surface area contributed by atoms with Crippen LogP contribution in [0, 0.1) is 5.95 Å². The molecule has 0 bridgehead atoms. The molecular weight excluding hydrogens is 565 g/mol. The van der Waals surface area contributed by atoms with E-state index in [9.17, 15) is 9.59 Å². The van der Waals surface area contributed by atoms with E-state index in [4.69, 9.17) is 11.6 Å². The number of carbonyl (C=O) groups excluding carboxylic acids is 2. The van der Waals surface area contributed by atoms with E-state index in [2.05, 4.69) is 59.5 Å². The summed E-state index contributed by atoms with van der Waals surface area (Å²) in [5.41, 5.74) is 2.31. The zero-order chi connectivity index (χ0) is 30.1. The zero-order valence-electron chi connectivity index (χ0n) is 23.0. The highest BCUT2D eigenvalue weighted by molar-refractivity contribution is 6.30. The average Bonchev–Trinajstić information content (AvgIpc) is 3.66. The summed E-state index contributed by atoms with van der Waals surface area (Å²) in [6.45, 7) is 5.62. The molecule has 0 radical (unpaired) electrons. The number of nitrogens with zero attached hydrogens (tertiary/aromatic N) is 6. The predicted octanol–water partition coefficient (Wildman–Crippen LogP) is 5.81. The molecule has 2 heterocycles. The number of carbonyl (C=O) groups is 2. The van der Waals surface area contributed by atoms with Gasteiger partial charge in [-0.2, -0.15) is 9.07 Å². The Labute approximate surface area is 246 Å². The topological polar surface area (TPSA) is 152 Å². The van der Waals surface area contributed by atoms with Crippen LogP contribution in [0.5, 0.6) is 0 Å². The Kier molecular flexibility index (Phi) is 10.1. The summed E-state index contributed by atoms with van der Waals surface area (Å²) >= 11 is 6.18. The first-order chi connectivity index (χ1) is 20.3. The number of H-pyrrole nitrogens is 1. The fourth-order valence-corrected chi connectivity index (χ4v) is 4.40. The van der Waals surface area contributed by atoms with Gasteiger partial charge in [-0.1, -0.05) is 37.8 Å². The summed E-state index contributed by atoms with van der Waals surface area (Å²) in [6, 6.07) is 9.18. The van der Waals surface area contributed by atoms with E-state index in [0.717, 1.165) is 19.3 Å². The number of hydrogen-bond donors (Lipinski definition) is 3. The lowest BCUT2D eigenvalue weighted by Crippen LogP contribution is -2.27. The molecule has 3 N–H and O–H groups in total. The van der Waals surface area contributed by atoms with Gasteiger partial charge in [0.25, 0.3) is 0 Å². The van der Waals surface area contributed by atoms with Gasteiger partial charge in [-0.15, -0.1) is 5.10 Å². The summed E-state index contributed by atoms with van der Waals surface area (Å²) in [6.07, 6.45) is 6.94. The number of ether oxygens (including phenoxy) is 1. The van der Waals surface area contributed by atoms with Crippen LogP contribution >= 0.6 is 11.6 Å². The van der Waals surface area contributed by atoms with Crippen LogP contribution in [0.2, 0.25) is 5.02 Å². The van der Waals surface area contributed by atoms with Crippen molar-refractivity contribution in [3.8, 4) is 16.9 Å². The van der Waals surface area contributed by atoms with Crippen LogP contribution in [-0.2, 0) is 9.53 Å². The van der Waals surface area contributed by atoms with E-state index < -0.39 is 24.0 Å². The minimum Gasteiger partial charge on any atom is -0.453 e. The van der Waals surface area contributed by atoms with Gasteiger partial charge in [0.2, 0.25) is 11.9 Å². The maximum atomic E-state index is 15.2. The molecular formula is C28H29ClFN9O3. The number of aromatic amines is 1. The van der Waals surface area contributed by atoms with Gasteiger partial charge in [-0.25, -0.2) is 9.78 Å². The highest BCUT2D eigenvalue weighted by atomic mass is 35.5. The summed E-state index contributed by atoms with van der Waals surface area (Å²) in [7, 11) is 1.24. The minimum atomic E-state index is -0.695. The maximum Gasteiger partial charge on any atom is 0.411 e. The molecule has 42 heavy (non-hydrogen) atoms. The van der Waals surface area contributed by atoms with Crippen LogP contribution in [0.25, 0.3) is 23.0 Å². The van der Waals surface area contributed by atoms with Crippen molar-refractivity contribution in [2.24, 2.45) is 4.99 Å². The fraction of sp³-hybridized carbons (Fsp3) is 0.250. The molecule has 0 aliphatic heterocycles. The number of imidazole rings is 1. The normalized spacial score (nSPS) is 11.8. The van der Waals surface area contributed by atoms with Crippen molar-refractivity contribution in [1.82, 2.24) is 35.5 Å². The number of anilines is 1. The van der Waals surface area contributed by atoms with Gasteiger partial charge in [0.05, 0.1) is 24.5 Å². The minimum absolute atomic E-state index is 0.00677. The standard InChI is InChI=1S/C28H29ClFN9O3/c1-4-5-6-7-21(34-24(40)13-8-17-14-18(29)9-12-23(17)39-16-32-37-38-39)27-35-25(26(30)36-27)20-11-10-19(15-22(20)31-2)33-28(41)42-3/h8-16,21H,2,4-7H2,1,3H3,(H,33,41)(H,34,40)(H,35,36). The van der Waals surface area contributed by atoms with Gasteiger partial charge < -0.3 is 15.0 Å². The summed E-state index contributed by atoms with van der Waals surface area (Å²) < 4.78 is 21.3. The molecule has 0 fully saturated rings. The molecule has 4 aromatic rings. The molecule has 2 amide bonds. The third-order valence-corrected chi connectivity index (χ3v) is 6.51. The zero-order valence-corrected chi connectivity index (χ0v) is 23.7. The number of hydrogen-bond acceptors (Lipinski definition) is 8. The lowest BCUT2D eigenvalue weighted by atomic mass is 10.1. The first-order valence-electron chi connectivity index (χ1n) is 13.1. The molecule has 0 spiro atoms. The molecule has 1 atom stereocenters. The van der Waals surface area contributed by atoms with E-state index in [-0.39, 0.29) is 11.5 Å². The van der Waals surface area contributed by atoms with E-state index >= 15 is 4.39 Å². The lowest BCUT2D eigenvalue weighted by Gasteiger charge is -2.15. The van der Waals surface area contributed by atoms with Gasteiger partial charge in [0.1, 0.15) is 17.8 Å². The first kappa shape index (κ1) is 30.1. The Balaban J connectivity index is 1.58. The molecule has 0 saturated heterocycles. The molecule has 1 unspecified atom stereocenters. The van der Waals surface area contributed by atoms with Crippen molar-refractivity contribution < 1.29 is 18.7 Å². The van der Waals surface area contributed by atoms with Crippen molar-refractivity contribution in [3.63, 3.8) is 0 Å². The van der Waals surface area contributed by atoms with Crippen molar-refractivity contribution in [1.29, 1.82) is 0 Å². The fourth-order valence-electron chi connectivity index (χ4n) is 4.22. The van der Waals surface area contributed by atoms with Gasteiger partial charge >= 0.3 is 6.09 Å². The van der Waals surface area contributed by atoms with Gasteiger partial charge in [0, 0.05) is 27.9 Å². The number of aromatic nitrogens is 6. The second kappa shape index (κ2) is 14.1. The number of unbranched alkanes of at least 4 members (excludes halogenated alkanes) is 2. The molecule has 0 aliphatic rings. The van der Waals surface area contributed by atoms with Crippen LogP contribution in [0.3, 0.4) is 0 Å². The molecule has 2 aromatic carbocycles. The van der Waals surface area contributed by atoms with Crippen LogP contribution in [-0.4, -0.2) is 56.0 Å². The van der Waals surface area contributed by atoms with Crippen molar-refractivity contribution >= 4 is 47.8 Å². The Morgan fingerprint density at radius 3 is 2.81 bits per heavy atom. The van der Waals surface area contributed by atoms with Crippen molar-refractivity contribution in [2.45, 2.75) is 38.6 Å². The van der Waals surface area contributed by atoms with Crippen LogP contribution in [0.1, 0.15) is 50.0 Å². The van der Waals surface area contributed by atoms with E-state index in [0.29, 0.717) is 39.6 Å². The Bertz CT molecular complexity index is 1590. The Morgan fingerprint density at radius 2 is 2.10 bits per heavy atom. The summed E-state index contributed by atoms with van der Waals surface area (Å²) in [4.78, 5) is 35.8. The average molecular weight is 594 g/mol. The van der Waals surface area contributed by atoms with Gasteiger partial charge in [-0.05, 0) is 66.0 Å². The van der Waals surface area contributed by atoms with E-state index in [1.807, 2.05) is 0 Å². The number of methoxy groups -OCH3 is 1. The highest BCUT2D eigenvalue weighted by Crippen LogP contribution is 2.34. The molecule has 2 aromatic heterocycles. The molecule has 12 nitrogen and oxygen atoms in total. The number of tetrazole rings is 1. The maximum absolute atomic E-state index is 15.2. The van der Waals surface area contributed by atoms with Crippen LogP contribution in [0.4, 0.5) is 20.6 Å². The Morgan fingerprint density at radius 1 is 1.26 bits per heavy atom. The van der Waals surface area contributed by atoms with Crippen LogP contribution < -0.4 is 10.6 Å². The third-order valence-electron chi connectivity index (χ3n) is 6.28. The van der Waals surface area contributed by atoms with E-state index in [1.165, 1.54) is 30.3 Å². The second-order valence-electron chi connectivity index (χ2n) is 9.14. The lowest BCUT2D eigenvalue weighted by molar-refractivity contribution is -0.117. The quantitative estimate of drug-likeness (QED) is 0.106. The first-order valence-corrected chi connectivity index (χ1v) is 13.4. The number of halogens is 2. The SMILES string of the molecule is C=Nc1cc(NC(=O)OC)ccc1-c1nc(C(CCCCC)NC(=O)C=Cc2cc(Cl)ccc2-n2cnnn2)[nH]c1F. The summed E-state index contributed by atoms with van der Waals surface area (Å²) in [5.74, 6) is -0.854. The Hall–Kier alpha value is -4.91. The van der Waals surface area contributed by atoms with Gasteiger partial charge in [0.15, 0.2) is 0 Å². The number of rotatable bonds is 12. The second-order valence-corrected chi connectivity index (χ2v) is 9.58. The molecule has 0 aliphatic carbocycles. The van der Waals surface area contributed by atoms with Crippen LogP contribution in [0.15, 0.2) is 53.8 Å². The number of amides is 2. The number of benzene rings is 2. The highest BCUT2D eigenvalue weighted by Gasteiger charge is 2.22. The largest absolute Gasteiger partial charge is 0.453 e. The smallest absolute Gasteiger partial charge is 0.411 e. The monoisotopic (exact) mass is 593 g/mol. The molecule has 0 saturated carbocycles. The van der Waals surface area contributed by atoms with Crippen molar-refractivity contribution in [2.75, 3.05) is 12.4 Å². The predicted molar refractivity (Wildman–Crippen MR) is 157 cm³/mol. The summed E-state index contributed by atoms with van der Waals surface area (Å²) in [5, 5.41) is 17.1. The van der Waals surface area contributed by atoms with E-state index in [1.54, 1.807) is 36.4 Å². The number of aliphatic imine (C=N–C) groups is 1. The van der Waals surface area contributed by atoms with Crippen molar-refractivity contribution in [3.05, 3.63) is 71.2 Å². The number of nitrogens with one attached hydrogen (secondary N) is 3. The molecule has 14 heteroatoms.